The summed E-state index contributed by atoms with van der Waals surface area (Å²) >= 11 is 5.70. The number of hydrogen-bond acceptors (Lipinski definition) is 3. The summed E-state index contributed by atoms with van der Waals surface area (Å²) in [5.41, 5.74) is 1.40. The van der Waals surface area contributed by atoms with E-state index < -0.39 is 0 Å². The van der Waals surface area contributed by atoms with Crippen molar-refractivity contribution in [3.8, 4) is 11.5 Å². The predicted octanol–water partition coefficient (Wildman–Crippen LogP) is 3.82. The first-order valence-electron chi connectivity index (χ1n) is 5.80. The molecule has 0 bridgehead atoms. The van der Waals surface area contributed by atoms with Crippen LogP contribution in [0, 0.1) is 5.82 Å². The Morgan fingerprint density at radius 2 is 1.95 bits per heavy atom. The topological polar surface area (TPSA) is 30.5 Å². The van der Waals surface area contributed by atoms with Crippen molar-refractivity contribution in [1.82, 2.24) is 0 Å². The van der Waals surface area contributed by atoms with Crippen LogP contribution in [-0.2, 0) is 6.54 Å². The van der Waals surface area contributed by atoms with Crippen molar-refractivity contribution in [2.75, 3.05) is 12.1 Å². The summed E-state index contributed by atoms with van der Waals surface area (Å²) in [4.78, 5) is 0. The van der Waals surface area contributed by atoms with Crippen LogP contribution in [0.3, 0.4) is 0 Å². The lowest BCUT2D eigenvalue weighted by molar-refractivity contribution is 0.174. The largest absolute Gasteiger partial charge is 0.454 e. The van der Waals surface area contributed by atoms with Crippen LogP contribution < -0.4 is 14.8 Å². The molecule has 1 heterocycles. The van der Waals surface area contributed by atoms with Gasteiger partial charge in [-0.05, 0) is 35.9 Å². The standard InChI is InChI=1S/C14H11ClFNO2/c15-10-2-3-12(11(16)6-10)17-7-9-1-4-13-14(5-9)19-8-18-13/h1-6,17H,7-8H2. The highest BCUT2D eigenvalue weighted by Crippen LogP contribution is 2.32. The Balaban J connectivity index is 1.72. The fourth-order valence-corrected chi connectivity index (χ4v) is 2.04. The van der Waals surface area contributed by atoms with Gasteiger partial charge in [0.2, 0.25) is 6.79 Å². The molecular formula is C14H11ClFNO2. The molecule has 0 fully saturated rings. The van der Waals surface area contributed by atoms with Gasteiger partial charge in [0.25, 0.3) is 0 Å². The van der Waals surface area contributed by atoms with E-state index in [0.29, 0.717) is 17.3 Å². The summed E-state index contributed by atoms with van der Waals surface area (Å²) in [6.45, 7) is 0.743. The van der Waals surface area contributed by atoms with Crippen LogP contribution in [0.4, 0.5) is 10.1 Å². The number of ether oxygens (including phenoxy) is 2. The van der Waals surface area contributed by atoms with Gasteiger partial charge in [0.1, 0.15) is 5.82 Å². The minimum absolute atomic E-state index is 0.248. The normalized spacial score (nSPS) is 12.5. The van der Waals surface area contributed by atoms with Crippen molar-refractivity contribution in [1.29, 1.82) is 0 Å². The molecule has 0 atom stereocenters. The Kier molecular flexibility index (Phi) is 3.17. The Hall–Kier alpha value is -1.94. The average Bonchev–Trinajstić information content (AvgIpc) is 2.85. The number of fused-ring (bicyclic) bond motifs is 1. The lowest BCUT2D eigenvalue weighted by Gasteiger charge is -2.08. The summed E-state index contributed by atoms with van der Waals surface area (Å²) in [6.07, 6.45) is 0. The quantitative estimate of drug-likeness (QED) is 0.926. The van der Waals surface area contributed by atoms with E-state index in [1.165, 1.54) is 6.07 Å². The number of benzene rings is 2. The fraction of sp³-hybridized carbons (Fsp3) is 0.143. The average molecular weight is 280 g/mol. The SMILES string of the molecule is Fc1cc(Cl)ccc1NCc1ccc2c(c1)OCO2. The number of hydrogen-bond donors (Lipinski definition) is 1. The third-order valence-corrected chi connectivity index (χ3v) is 3.09. The molecule has 1 aliphatic heterocycles. The van der Waals surface area contributed by atoms with E-state index in [0.717, 1.165) is 17.1 Å². The molecule has 0 saturated carbocycles. The van der Waals surface area contributed by atoms with Crippen LogP contribution in [-0.4, -0.2) is 6.79 Å². The Morgan fingerprint density at radius 3 is 2.79 bits per heavy atom. The molecule has 1 aliphatic rings. The summed E-state index contributed by atoms with van der Waals surface area (Å²) in [7, 11) is 0. The highest BCUT2D eigenvalue weighted by molar-refractivity contribution is 6.30. The van der Waals surface area contributed by atoms with Gasteiger partial charge in [-0.25, -0.2) is 4.39 Å². The number of nitrogens with one attached hydrogen (secondary N) is 1. The summed E-state index contributed by atoms with van der Waals surface area (Å²) in [5, 5.41) is 3.40. The monoisotopic (exact) mass is 279 g/mol. The highest BCUT2D eigenvalue weighted by atomic mass is 35.5. The van der Waals surface area contributed by atoms with Crippen LogP contribution >= 0.6 is 11.6 Å². The molecule has 2 aromatic rings. The fourth-order valence-electron chi connectivity index (χ4n) is 1.88. The zero-order valence-corrected chi connectivity index (χ0v) is 10.7. The zero-order chi connectivity index (χ0) is 13.2. The van der Waals surface area contributed by atoms with Crippen molar-refractivity contribution in [2.24, 2.45) is 0 Å². The van der Waals surface area contributed by atoms with E-state index >= 15 is 0 Å². The van der Waals surface area contributed by atoms with Crippen LogP contribution in [0.2, 0.25) is 5.02 Å². The van der Waals surface area contributed by atoms with Gasteiger partial charge in [-0.2, -0.15) is 0 Å². The molecule has 0 radical (unpaired) electrons. The highest BCUT2D eigenvalue weighted by Gasteiger charge is 2.13. The maximum atomic E-state index is 13.6. The van der Waals surface area contributed by atoms with E-state index in [1.54, 1.807) is 12.1 Å². The minimum Gasteiger partial charge on any atom is -0.454 e. The molecule has 3 rings (SSSR count). The molecule has 0 unspecified atom stereocenters. The lowest BCUT2D eigenvalue weighted by Crippen LogP contribution is -2.01. The Labute approximate surface area is 114 Å². The molecule has 1 N–H and O–H groups in total. The second kappa shape index (κ2) is 4.97. The number of rotatable bonds is 3. The molecule has 3 nitrogen and oxygen atoms in total. The third-order valence-electron chi connectivity index (χ3n) is 2.85. The van der Waals surface area contributed by atoms with Gasteiger partial charge in [-0.1, -0.05) is 17.7 Å². The van der Waals surface area contributed by atoms with Crippen molar-refractivity contribution in [3.63, 3.8) is 0 Å². The molecule has 0 spiro atoms. The van der Waals surface area contributed by atoms with Crippen molar-refractivity contribution in [2.45, 2.75) is 6.54 Å². The lowest BCUT2D eigenvalue weighted by atomic mass is 10.2. The first-order valence-corrected chi connectivity index (χ1v) is 6.17. The Bertz CT molecular complexity index is 618. The van der Waals surface area contributed by atoms with E-state index in [1.807, 2.05) is 18.2 Å². The van der Waals surface area contributed by atoms with Gasteiger partial charge in [0.05, 0.1) is 5.69 Å². The first-order chi connectivity index (χ1) is 9.22. The van der Waals surface area contributed by atoms with Crippen LogP contribution in [0.5, 0.6) is 11.5 Å². The second-order valence-corrected chi connectivity index (χ2v) is 4.60. The molecule has 0 saturated heterocycles. The summed E-state index contributed by atoms with van der Waals surface area (Å²) in [6, 6.07) is 10.2. The van der Waals surface area contributed by atoms with Gasteiger partial charge < -0.3 is 14.8 Å². The van der Waals surface area contributed by atoms with Gasteiger partial charge in [0.15, 0.2) is 11.5 Å². The number of anilines is 1. The van der Waals surface area contributed by atoms with Gasteiger partial charge in [0, 0.05) is 11.6 Å². The third kappa shape index (κ3) is 2.58. The van der Waals surface area contributed by atoms with Crippen LogP contribution in [0.1, 0.15) is 5.56 Å². The molecule has 2 aromatic carbocycles. The van der Waals surface area contributed by atoms with Crippen molar-refractivity contribution in [3.05, 3.63) is 52.8 Å². The van der Waals surface area contributed by atoms with E-state index in [9.17, 15) is 4.39 Å². The summed E-state index contributed by atoms with van der Waals surface area (Å²) in [5.74, 6) is 1.09. The van der Waals surface area contributed by atoms with Crippen molar-refractivity contribution >= 4 is 17.3 Å². The second-order valence-electron chi connectivity index (χ2n) is 4.17. The summed E-state index contributed by atoms with van der Waals surface area (Å²) < 4.78 is 24.1. The maximum absolute atomic E-state index is 13.6. The van der Waals surface area contributed by atoms with E-state index in [-0.39, 0.29) is 12.6 Å². The van der Waals surface area contributed by atoms with Crippen molar-refractivity contribution < 1.29 is 13.9 Å². The molecule has 0 aromatic heterocycles. The maximum Gasteiger partial charge on any atom is 0.231 e. The minimum atomic E-state index is -0.367. The molecule has 0 aliphatic carbocycles. The van der Waals surface area contributed by atoms with E-state index in [4.69, 9.17) is 21.1 Å². The van der Waals surface area contributed by atoms with Gasteiger partial charge in [-0.3, -0.25) is 0 Å². The zero-order valence-electron chi connectivity index (χ0n) is 9.95. The Morgan fingerprint density at radius 1 is 1.11 bits per heavy atom. The first kappa shape index (κ1) is 12.1. The van der Waals surface area contributed by atoms with E-state index in [2.05, 4.69) is 5.32 Å². The van der Waals surface area contributed by atoms with Crippen LogP contribution in [0.25, 0.3) is 0 Å². The van der Waals surface area contributed by atoms with Gasteiger partial charge >= 0.3 is 0 Å². The molecular weight excluding hydrogens is 269 g/mol. The molecule has 0 amide bonds. The molecule has 19 heavy (non-hydrogen) atoms. The smallest absolute Gasteiger partial charge is 0.231 e. The number of halogens is 2. The molecule has 5 heteroatoms. The van der Waals surface area contributed by atoms with Gasteiger partial charge in [-0.15, -0.1) is 0 Å². The predicted molar refractivity (Wildman–Crippen MR) is 71.3 cm³/mol. The van der Waals surface area contributed by atoms with Crippen LogP contribution in [0.15, 0.2) is 36.4 Å². The molecule has 98 valence electrons.